The third kappa shape index (κ3) is 3.07. The largest absolute Gasteiger partial charge is 0.494 e. The van der Waals surface area contributed by atoms with Crippen LogP contribution >= 0.6 is 11.6 Å². The van der Waals surface area contributed by atoms with Gasteiger partial charge in [0.05, 0.1) is 12.0 Å². The zero-order valence-electron chi connectivity index (χ0n) is 10.7. The SMILES string of the molecule is CCOc1ccc(C(Cl)c2c(F)cc(F)cc2F)cc1. The van der Waals surface area contributed by atoms with Crippen molar-refractivity contribution in [1.29, 1.82) is 0 Å². The summed E-state index contributed by atoms with van der Waals surface area (Å²) in [5.41, 5.74) is 0.136. The van der Waals surface area contributed by atoms with Gasteiger partial charge >= 0.3 is 0 Å². The Hall–Kier alpha value is -1.68. The molecule has 1 nitrogen and oxygen atoms in total. The number of halogens is 4. The first-order valence-electron chi connectivity index (χ1n) is 6.04. The molecule has 0 spiro atoms. The van der Waals surface area contributed by atoms with Crippen molar-refractivity contribution in [3.8, 4) is 5.75 Å². The fourth-order valence-electron chi connectivity index (χ4n) is 1.86. The van der Waals surface area contributed by atoms with Gasteiger partial charge in [0, 0.05) is 17.7 Å². The number of rotatable bonds is 4. The Morgan fingerprint density at radius 2 is 1.60 bits per heavy atom. The van der Waals surface area contributed by atoms with Crippen LogP contribution in [0.5, 0.6) is 5.75 Å². The van der Waals surface area contributed by atoms with Crippen molar-refractivity contribution in [2.24, 2.45) is 0 Å². The van der Waals surface area contributed by atoms with Crippen molar-refractivity contribution in [1.82, 2.24) is 0 Å². The molecule has 0 saturated heterocycles. The molecule has 1 atom stereocenters. The number of hydrogen-bond acceptors (Lipinski definition) is 1. The average molecular weight is 301 g/mol. The summed E-state index contributed by atoms with van der Waals surface area (Å²) in [6.45, 7) is 2.37. The zero-order chi connectivity index (χ0) is 14.7. The molecule has 0 aliphatic rings. The highest BCUT2D eigenvalue weighted by atomic mass is 35.5. The minimum Gasteiger partial charge on any atom is -0.494 e. The maximum Gasteiger partial charge on any atom is 0.134 e. The lowest BCUT2D eigenvalue weighted by Crippen LogP contribution is -2.02. The monoisotopic (exact) mass is 300 g/mol. The molecule has 0 fully saturated rings. The Morgan fingerprint density at radius 3 is 2.10 bits per heavy atom. The molecule has 106 valence electrons. The first-order chi connectivity index (χ1) is 9.52. The van der Waals surface area contributed by atoms with E-state index in [1.54, 1.807) is 24.3 Å². The van der Waals surface area contributed by atoms with E-state index in [-0.39, 0.29) is 5.56 Å². The first kappa shape index (κ1) is 14.7. The number of ether oxygens (including phenoxy) is 1. The van der Waals surface area contributed by atoms with Crippen LogP contribution in [-0.2, 0) is 0 Å². The maximum absolute atomic E-state index is 13.7. The van der Waals surface area contributed by atoms with E-state index in [0.717, 1.165) is 0 Å². The van der Waals surface area contributed by atoms with Gasteiger partial charge in [0.15, 0.2) is 0 Å². The normalized spacial score (nSPS) is 12.2. The molecule has 0 aromatic heterocycles. The molecule has 5 heteroatoms. The van der Waals surface area contributed by atoms with E-state index >= 15 is 0 Å². The Kier molecular flexibility index (Phi) is 4.55. The maximum atomic E-state index is 13.7. The molecule has 0 radical (unpaired) electrons. The minimum absolute atomic E-state index is 0.364. The summed E-state index contributed by atoms with van der Waals surface area (Å²) in [5.74, 6) is -2.34. The fourth-order valence-corrected chi connectivity index (χ4v) is 2.22. The van der Waals surface area contributed by atoms with E-state index in [1.165, 1.54) is 0 Å². The van der Waals surface area contributed by atoms with Crippen molar-refractivity contribution in [3.05, 3.63) is 65.0 Å². The van der Waals surface area contributed by atoms with E-state index in [1.807, 2.05) is 6.92 Å². The molecule has 2 aromatic rings. The Balaban J connectivity index is 2.33. The van der Waals surface area contributed by atoms with Crippen LogP contribution in [0.4, 0.5) is 13.2 Å². The highest BCUT2D eigenvalue weighted by Crippen LogP contribution is 2.33. The van der Waals surface area contributed by atoms with E-state index in [0.29, 0.717) is 30.1 Å². The number of hydrogen-bond donors (Lipinski definition) is 0. The van der Waals surface area contributed by atoms with E-state index in [2.05, 4.69) is 0 Å². The van der Waals surface area contributed by atoms with Gasteiger partial charge in [-0.05, 0) is 24.6 Å². The standard InChI is InChI=1S/C15H12ClF3O/c1-2-20-11-5-3-9(4-6-11)15(16)14-12(18)7-10(17)8-13(14)19/h3-8,15H,2H2,1H3. The fraction of sp³-hybridized carbons (Fsp3) is 0.200. The topological polar surface area (TPSA) is 9.23 Å². The Labute approximate surface area is 119 Å². The first-order valence-corrected chi connectivity index (χ1v) is 6.47. The van der Waals surface area contributed by atoms with E-state index < -0.39 is 22.8 Å². The summed E-state index contributed by atoms with van der Waals surface area (Å²) in [7, 11) is 0. The molecule has 0 aliphatic heterocycles. The van der Waals surface area contributed by atoms with Crippen LogP contribution in [0.25, 0.3) is 0 Å². The predicted molar refractivity (Wildman–Crippen MR) is 71.6 cm³/mol. The van der Waals surface area contributed by atoms with Crippen molar-refractivity contribution in [2.45, 2.75) is 12.3 Å². The van der Waals surface area contributed by atoms with E-state index in [9.17, 15) is 13.2 Å². The summed E-state index contributed by atoms with van der Waals surface area (Å²) in [4.78, 5) is 0. The molecule has 20 heavy (non-hydrogen) atoms. The molecule has 1 unspecified atom stereocenters. The van der Waals surface area contributed by atoms with Crippen LogP contribution in [0.1, 0.15) is 23.4 Å². The van der Waals surface area contributed by atoms with Crippen molar-refractivity contribution >= 4 is 11.6 Å². The highest BCUT2D eigenvalue weighted by Gasteiger charge is 2.21. The molecular weight excluding hydrogens is 289 g/mol. The second-order valence-electron chi connectivity index (χ2n) is 4.15. The third-order valence-electron chi connectivity index (χ3n) is 2.78. The lowest BCUT2D eigenvalue weighted by atomic mass is 10.0. The summed E-state index contributed by atoms with van der Waals surface area (Å²) < 4.78 is 45.5. The molecule has 0 saturated carbocycles. The predicted octanol–water partition coefficient (Wildman–Crippen LogP) is 4.83. The molecular formula is C15H12ClF3O. The van der Waals surface area contributed by atoms with Crippen LogP contribution < -0.4 is 4.74 Å². The molecule has 0 aliphatic carbocycles. The summed E-state index contributed by atoms with van der Waals surface area (Å²) >= 11 is 6.08. The molecule has 0 heterocycles. The quantitative estimate of drug-likeness (QED) is 0.735. The van der Waals surface area contributed by atoms with Crippen LogP contribution in [0.2, 0.25) is 0 Å². The average Bonchev–Trinajstić information content (AvgIpc) is 2.38. The molecule has 0 amide bonds. The third-order valence-corrected chi connectivity index (χ3v) is 3.25. The number of benzene rings is 2. The lowest BCUT2D eigenvalue weighted by Gasteiger charge is -2.13. The van der Waals surface area contributed by atoms with Gasteiger partial charge in [-0.15, -0.1) is 11.6 Å². The summed E-state index contributed by atoms with van der Waals surface area (Å²) in [6.07, 6.45) is 0. The molecule has 0 bridgehead atoms. The second kappa shape index (κ2) is 6.18. The van der Waals surface area contributed by atoms with Crippen molar-refractivity contribution < 1.29 is 17.9 Å². The van der Waals surface area contributed by atoms with Crippen LogP contribution in [-0.4, -0.2) is 6.61 Å². The van der Waals surface area contributed by atoms with Gasteiger partial charge in [0.1, 0.15) is 23.2 Å². The van der Waals surface area contributed by atoms with Gasteiger partial charge in [0.25, 0.3) is 0 Å². The van der Waals surface area contributed by atoms with Gasteiger partial charge in [0.2, 0.25) is 0 Å². The Morgan fingerprint density at radius 1 is 1.05 bits per heavy atom. The molecule has 0 N–H and O–H groups in total. The molecule has 2 rings (SSSR count). The summed E-state index contributed by atoms with van der Waals surface area (Å²) in [5, 5.41) is -1.04. The highest BCUT2D eigenvalue weighted by molar-refractivity contribution is 6.22. The zero-order valence-corrected chi connectivity index (χ0v) is 11.4. The van der Waals surface area contributed by atoms with Gasteiger partial charge in [-0.25, -0.2) is 13.2 Å². The van der Waals surface area contributed by atoms with Gasteiger partial charge in [-0.2, -0.15) is 0 Å². The van der Waals surface area contributed by atoms with Crippen LogP contribution in [0, 0.1) is 17.5 Å². The van der Waals surface area contributed by atoms with Crippen molar-refractivity contribution in [2.75, 3.05) is 6.61 Å². The van der Waals surface area contributed by atoms with Crippen molar-refractivity contribution in [3.63, 3.8) is 0 Å². The lowest BCUT2D eigenvalue weighted by molar-refractivity contribution is 0.340. The van der Waals surface area contributed by atoms with Gasteiger partial charge < -0.3 is 4.74 Å². The molecule has 2 aromatic carbocycles. The smallest absolute Gasteiger partial charge is 0.134 e. The number of alkyl halides is 1. The van der Waals surface area contributed by atoms with Gasteiger partial charge in [-0.1, -0.05) is 12.1 Å². The summed E-state index contributed by atoms with van der Waals surface area (Å²) in [6, 6.07) is 7.78. The Bertz CT molecular complexity index is 576. The van der Waals surface area contributed by atoms with Gasteiger partial charge in [-0.3, -0.25) is 0 Å². The second-order valence-corrected chi connectivity index (χ2v) is 4.58. The van der Waals surface area contributed by atoms with Crippen LogP contribution in [0.15, 0.2) is 36.4 Å². The minimum atomic E-state index is -1.04. The van der Waals surface area contributed by atoms with Crippen LogP contribution in [0.3, 0.4) is 0 Å². The van der Waals surface area contributed by atoms with E-state index in [4.69, 9.17) is 16.3 Å².